The van der Waals surface area contributed by atoms with Crippen LogP contribution < -0.4 is 0 Å². The molecule has 1 aliphatic rings. The van der Waals surface area contributed by atoms with Crippen molar-refractivity contribution in [3.63, 3.8) is 0 Å². The molecule has 108 valence electrons. The fourth-order valence-electron chi connectivity index (χ4n) is 2.46. The Labute approximate surface area is 123 Å². The minimum Gasteiger partial charge on any atom is -0.481 e. The van der Waals surface area contributed by atoms with Gasteiger partial charge in [-0.05, 0) is 24.5 Å². The van der Waals surface area contributed by atoms with Crippen LogP contribution in [0.15, 0.2) is 24.3 Å². The SMILES string of the molecule is CN(Cc1ccccc1Cl)C(=O)CC1(C(=O)O)CCC1. The van der Waals surface area contributed by atoms with Gasteiger partial charge in [0, 0.05) is 25.0 Å². The topological polar surface area (TPSA) is 57.6 Å². The molecule has 0 saturated heterocycles. The van der Waals surface area contributed by atoms with E-state index in [-0.39, 0.29) is 12.3 Å². The third-order valence-corrected chi connectivity index (χ3v) is 4.41. The molecule has 0 radical (unpaired) electrons. The lowest BCUT2D eigenvalue weighted by molar-refractivity contribution is -0.159. The second-order valence-corrected chi connectivity index (χ2v) is 5.86. The fraction of sp³-hybridized carbons (Fsp3) is 0.467. The summed E-state index contributed by atoms with van der Waals surface area (Å²) in [6.45, 7) is 0.397. The first-order chi connectivity index (χ1) is 9.44. The van der Waals surface area contributed by atoms with Crippen molar-refractivity contribution < 1.29 is 14.7 Å². The first-order valence-electron chi connectivity index (χ1n) is 6.65. The van der Waals surface area contributed by atoms with E-state index < -0.39 is 11.4 Å². The first-order valence-corrected chi connectivity index (χ1v) is 7.03. The molecule has 1 aliphatic carbocycles. The van der Waals surface area contributed by atoms with Crippen molar-refractivity contribution in [1.29, 1.82) is 0 Å². The number of amides is 1. The van der Waals surface area contributed by atoms with Crippen LogP contribution >= 0.6 is 11.6 Å². The van der Waals surface area contributed by atoms with Crippen molar-refractivity contribution in [1.82, 2.24) is 4.90 Å². The molecule has 0 aliphatic heterocycles. The van der Waals surface area contributed by atoms with E-state index in [1.807, 2.05) is 18.2 Å². The lowest BCUT2D eigenvalue weighted by atomic mass is 9.66. The third kappa shape index (κ3) is 2.96. The van der Waals surface area contributed by atoms with Gasteiger partial charge in [0.25, 0.3) is 0 Å². The van der Waals surface area contributed by atoms with E-state index in [1.165, 1.54) is 0 Å². The number of hydrogen-bond acceptors (Lipinski definition) is 2. The Bertz CT molecular complexity index is 526. The number of halogens is 1. The standard InChI is InChI=1S/C15H18ClNO3/c1-17(10-11-5-2-3-6-12(11)16)13(18)9-15(14(19)20)7-4-8-15/h2-3,5-6H,4,7-10H2,1H3,(H,19,20). The summed E-state index contributed by atoms with van der Waals surface area (Å²) < 4.78 is 0. The van der Waals surface area contributed by atoms with Gasteiger partial charge in [-0.15, -0.1) is 0 Å². The molecule has 1 aromatic carbocycles. The number of carbonyl (C=O) groups is 2. The second-order valence-electron chi connectivity index (χ2n) is 5.46. The average molecular weight is 296 g/mol. The van der Waals surface area contributed by atoms with Crippen molar-refractivity contribution in [3.05, 3.63) is 34.9 Å². The Hall–Kier alpha value is -1.55. The summed E-state index contributed by atoms with van der Waals surface area (Å²) in [6.07, 6.45) is 2.14. The van der Waals surface area contributed by atoms with Crippen molar-refractivity contribution >= 4 is 23.5 Å². The van der Waals surface area contributed by atoms with E-state index in [0.29, 0.717) is 24.4 Å². The fourth-order valence-corrected chi connectivity index (χ4v) is 2.66. The number of aliphatic carboxylic acids is 1. The van der Waals surface area contributed by atoms with Gasteiger partial charge in [0.1, 0.15) is 0 Å². The predicted octanol–water partition coefficient (Wildman–Crippen LogP) is 2.94. The summed E-state index contributed by atoms with van der Waals surface area (Å²) in [5, 5.41) is 9.87. The van der Waals surface area contributed by atoms with Crippen molar-refractivity contribution in [2.45, 2.75) is 32.2 Å². The molecule has 0 aromatic heterocycles. The highest BCUT2D eigenvalue weighted by Gasteiger charge is 2.46. The lowest BCUT2D eigenvalue weighted by Gasteiger charge is -2.38. The van der Waals surface area contributed by atoms with E-state index in [4.69, 9.17) is 11.6 Å². The molecule has 0 heterocycles. The molecule has 1 N–H and O–H groups in total. The Morgan fingerprint density at radius 1 is 1.35 bits per heavy atom. The van der Waals surface area contributed by atoms with Crippen LogP contribution in [0.1, 0.15) is 31.2 Å². The molecule has 0 spiro atoms. The van der Waals surface area contributed by atoms with Crippen molar-refractivity contribution in [2.75, 3.05) is 7.05 Å². The van der Waals surface area contributed by atoms with Crippen molar-refractivity contribution in [3.8, 4) is 0 Å². The number of rotatable bonds is 5. The quantitative estimate of drug-likeness (QED) is 0.908. The largest absolute Gasteiger partial charge is 0.481 e. The highest BCUT2D eigenvalue weighted by molar-refractivity contribution is 6.31. The van der Waals surface area contributed by atoms with Crippen LogP contribution in [0.3, 0.4) is 0 Å². The number of hydrogen-bond donors (Lipinski definition) is 1. The van der Waals surface area contributed by atoms with Crippen LogP contribution in [0.25, 0.3) is 0 Å². The Kier molecular flexibility index (Phi) is 4.33. The Balaban J connectivity index is 1.99. The van der Waals surface area contributed by atoms with Crippen LogP contribution in [-0.4, -0.2) is 28.9 Å². The Morgan fingerprint density at radius 2 is 2.00 bits per heavy atom. The normalized spacial score (nSPS) is 16.3. The van der Waals surface area contributed by atoms with Gasteiger partial charge in [-0.25, -0.2) is 0 Å². The average Bonchev–Trinajstić information content (AvgIpc) is 2.35. The number of carboxylic acid groups (broad SMARTS) is 1. The highest BCUT2D eigenvalue weighted by Crippen LogP contribution is 2.44. The maximum atomic E-state index is 12.2. The minimum absolute atomic E-state index is 0.0727. The van der Waals surface area contributed by atoms with Crippen LogP contribution in [0.4, 0.5) is 0 Å². The third-order valence-electron chi connectivity index (χ3n) is 4.05. The second kappa shape index (κ2) is 5.83. The predicted molar refractivity (Wildman–Crippen MR) is 76.5 cm³/mol. The van der Waals surface area contributed by atoms with Gasteiger partial charge in [0.05, 0.1) is 5.41 Å². The molecule has 1 amide bonds. The molecule has 2 rings (SSSR count). The van der Waals surface area contributed by atoms with Crippen LogP contribution in [0.2, 0.25) is 5.02 Å². The van der Waals surface area contributed by atoms with E-state index in [0.717, 1.165) is 12.0 Å². The summed E-state index contributed by atoms with van der Waals surface area (Å²) in [5.41, 5.74) is 0.0224. The summed E-state index contributed by atoms with van der Waals surface area (Å²) in [5.74, 6) is -1.00. The molecule has 1 fully saturated rings. The lowest BCUT2D eigenvalue weighted by Crippen LogP contribution is -2.42. The number of nitrogens with zero attached hydrogens (tertiary/aromatic N) is 1. The molecule has 0 bridgehead atoms. The number of carboxylic acids is 1. The van der Waals surface area contributed by atoms with Gasteiger partial charge in [-0.2, -0.15) is 0 Å². The summed E-state index contributed by atoms with van der Waals surface area (Å²) in [4.78, 5) is 25.0. The van der Waals surface area contributed by atoms with Crippen LogP contribution in [0.5, 0.6) is 0 Å². The molecule has 1 aromatic rings. The van der Waals surface area contributed by atoms with Gasteiger partial charge >= 0.3 is 5.97 Å². The van der Waals surface area contributed by atoms with Crippen LogP contribution in [-0.2, 0) is 16.1 Å². The molecular weight excluding hydrogens is 278 g/mol. The minimum atomic E-state index is -0.858. The van der Waals surface area contributed by atoms with E-state index in [9.17, 15) is 14.7 Å². The summed E-state index contributed by atoms with van der Waals surface area (Å²) in [7, 11) is 1.68. The van der Waals surface area contributed by atoms with E-state index >= 15 is 0 Å². The molecule has 0 atom stereocenters. The van der Waals surface area contributed by atoms with Crippen molar-refractivity contribution in [2.24, 2.45) is 5.41 Å². The molecule has 1 saturated carbocycles. The van der Waals surface area contributed by atoms with Gasteiger partial charge in [0.15, 0.2) is 0 Å². The maximum Gasteiger partial charge on any atom is 0.310 e. The van der Waals surface area contributed by atoms with E-state index in [1.54, 1.807) is 18.0 Å². The molecule has 4 nitrogen and oxygen atoms in total. The van der Waals surface area contributed by atoms with Gasteiger partial charge in [0.2, 0.25) is 5.91 Å². The zero-order valence-corrected chi connectivity index (χ0v) is 12.2. The summed E-state index contributed by atoms with van der Waals surface area (Å²) in [6, 6.07) is 7.34. The number of carbonyl (C=O) groups excluding carboxylic acids is 1. The smallest absolute Gasteiger partial charge is 0.310 e. The monoisotopic (exact) mass is 295 g/mol. The zero-order chi connectivity index (χ0) is 14.8. The number of benzene rings is 1. The van der Waals surface area contributed by atoms with Gasteiger partial charge in [-0.1, -0.05) is 36.2 Å². The van der Waals surface area contributed by atoms with E-state index in [2.05, 4.69) is 0 Å². The highest BCUT2D eigenvalue weighted by atomic mass is 35.5. The molecule has 5 heteroatoms. The molecular formula is C15H18ClNO3. The zero-order valence-electron chi connectivity index (χ0n) is 11.4. The van der Waals surface area contributed by atoms with Gasteiger partial charge < -0.3 is 10.0 Å². The molecule has 0 unspecified atom stereocenters. The van der Waals surface area contributed by atoms with Gasteiger partial charge in [-0.3, -0.25) is 9.59 Å². The molecule has 20 heavy (non-hydrogen) atoms. The summed E-state index contributed by atoms with van der Waals surface area (Å²) >= 11 is 6.06. The Morgan fingerprint density at radius 3 is 2.50 bits per heavy atom. The first kappa shape index (κ1) is 14.9. The van der Waals surface area contributed by atoms with Crippen LogP contribution in [0, 0.1) is 5.41 Å². The maximum absolute atomic E-state index is 12.2.